The Hall–Kier alpha value is -1.38. The van der Waals surface area contributed by atoms with Gasteiger partial charge in [0, 0.05) is 13.1 Å². The molecule has 0 aliphatic rings. The highest BCUT2D eigenvalue weighted by molar-refractivity contribution is 5.67. The molecule has 0 bridgehead atoms. The number of hydrogen-bond donors (Lipinski definition) is 0. The second kappa shape index (κ2) is 4.03. The van der Waals surface area contributed by atoms with Crippen molar-refractivity contribution in [2.24, 2.45) is 0 Å². The van der Waals surface area contributed by atoms with Crippen molar-refractivity contribution in [1.29, 1.82) is 0 Å². The number of rotatable bonds is 0. The van der Waals surface area contributed by atoms with Crippen molar-refractivity contribution in [3.63, 3.8) is 0 Å². The van der Waals surface area contributed by atoms with E-state index in [1.807, 2.05) is 33.8 Å². The Labute approximate surface area is 77.8 Å². The third kappa shape index (κ3) is 2.05. The van der Waals surface area contributed by atoms with Crippen molar-refractivity contribution in [2.75, 3.05) is 0 Å². The second-order valence-electron chi connectivity index (χ2n) is 2.57. The molecule has 0 N–H and O–H groups in total. The van der Waals surface area contributed by atoms with Crippen LogP contribution in [0, 0.1) is 13.8 Å². The molecule has 0 spiro atoms. The molecule has 13 heavy (non-hydrogen) atoms. The number of fused-ring (bicyclic) bond motifs is 1. The average molecular weight is 178 g/mol. The van der Waals surface area contributed by atoms with E-state index in [1.165, 1.54) is 0 Å². The Morgan fingerprint density at radius 3 is 2.62 bits per heavy atom. The van der Waals surface area contributed by atoms with E-state index in [4.69, 9.17) is 4.42 Å². The van der Waals surface area contributed by atoms with E-state index >= 15 is 0 Å². The Kier molecular flexibility index (Phi) is 3.01. The summed E-state index contributed by atoms with van der Waals surface area (Å²) in [5, 5.41) is 0. The molecule has 2 aromatic heterocycles. The zero-order valence-electron chi connectivity index (χ0n) is 8.46. The standard InChI is InChI=1S/C8H8N2O.C2H6/c1-5-3-7-8(9-4-5)10-6(2)11-7;1-2/h3-4H,1-2H3;1-2H3. The van der Waals surface area contributed by atoms with Crippen LogP contribution in [-0.2, 0) is 0 Å². The summed E-state index contributed by atoms with van der Waals surface area (Å²) in [5.74, 6) is 0.665. The van der Waals surface area contributed by atoms with Crippen LogP contribution in [0.2, 0.25) is 0 Å². The molecule has 0 aromatic carbocycles. The van der Waals surface area contributed by atoms with Gasteiger partial charge in [0.1, 0.15) is 0 Å². The summed E-state index contributed by atoms with van der Waals surface area (Å²) in [5.41, 5.74) is 2.55. The molecule has 2 rings (SSSR count). The SMILES string of the molecule is CC.Cc1cnc2nc(C)oc2c1. The largest absolute Gasteiger partial charge is 0.439 e. The second-order valence-corrected chi connectivity index (χ2v) is 2.57. The van der Waals surface area contributed by atoms with Gasteiger partial charge < -0.3 is 4.42 Å². The first-order valence-electron chi connectivity index (χ1n) is 4.45. The molecule has 3 heteroatoms. The molecule has 0 radical (unpaired) electrons. The Morgan fingerprint density at radius 1 is 1.23 bits per heavy atom. The van der Waals surface area contributed by atoms with Crippen molar-refractivity contribution in [2.45, 2.75) is 27.7 Å². The number of hydrogen-bond acceptors (Lipinski definition) is 3. The highest BCUT2D eigenvalue weighted by Gasteiger charge is 2.01. The molecule has 0 atom stereocenters. The number of aryl methyl sites for hydroxylation is 2. The third-order valence-electron chi connectivity index (χ3n) is 1.49. The van der Waals surface area contributed by atoms with Crippen LogP contribution in [-0.4, -0.2) is 9.97 Å². The van der Waals surface area contributed by atoms with Crippen molar-refractivity contribution >= 4 is 11.2 Å². The predicted octanol–water partition coefficient (Wildman–Crippen LogP) is 2.87. The molecule has 0 saturated heterocycles. The van der Waals surface area contributed by atoms with Crippen LogP contribution in [0.4, 0.5) is 0 Å². The van der Waals surface area contributed by atoms with E-state index in [1.54, 1.807) is 6.20 Å². The minimum atomic E-state index is 0.665. The Morgan fingerprint density at radius 2 is 1.92 bits per heavy atom. The zero-order chi connectivity index (χ0) is 9.84. The van der Waals surface area contributed by atoms with Gasteiger partial charge in [-0.1, -0.05) is 13.8 Å². The van der Waals surface area contributed by atoms with Crippen molar-refractivity contribution in [3.05, 3.63) is 23.7 Å². The molecular weight excluding hydrogens is 164 g/mol. The first kappa shape index (κ1) is 9.71. The molecule has 2 heterocycles. The maximum Gasteiger partial charge on any atom is 0.198 e. The lowest BCUT2D eigenvalue weighted by atomic mass is 10.3. The van der Waals surface area contributed by atoms with Crippen LogP contribution in [0.25, 0.3) is 11.2 Å². The molecule has 0 aliphatic carbocycles. The van der Waals surface area contributed by atoms with Crippen LogP contribution in [0.15, 0.2) is 16.7 Å². The van der Waals surface area contributed by atoms with E-state index in [9.17, 15) is 0 Å². The maximum atomic E-state index is 5.28. The summed E-state index contributed by atoms with van der Waals surface area (Å²) in [6, 6.07) is 1.93. The van der Waals surface area contributed by atoms with Gasteiger partial charge in [0.05, 0.1) is 0 Å². The third-order valence-corrected chi connectivity index (χ3v) is 1.49. The number of nitrogens with zero attached hydrogens (tertiary/aromatic N) is 2. The topological polar surface area (TPSA) is 38.9 Å². The molecule has 0 aliphatic heterocycles. The van der Waals surface area contributed by atoms with Crippen LogP contribution in [0.3, 0.4) is 0 Å². The maximum absolute atomic E-state index is 5.28. The van der Waals surface area contributed by atoms with E-state index in [2.05, 4.69) is 9.97 Å². The van der Waals surface area contributed by atoms with Gasteiger partial charge in [0.25, 0.3) is 0 Å². The van der Waals surface area contributed by atoms with Crippen molar-refractivity contribution in [1.82, 2.24) is 9.97 Å². The van der Waals surface area contributed by atoms with E-state index < -0.39 is 0 Å². The molecule has 2 aromatic rings. The van der Waals surface area contributed by atoms with Gasteiger partial charge in [-0.3, -0.25) is 0 Å². The monoisotopic (exact) mass is 178 g/mol. The molecular formula is C10H14N2O. The van der Waals surface area contributed by atoms with Gasteiger partial charge in [-0.15, -0.1) is 0 Å². The lowest BCUT2D eigenvalue weighted by Gasteiger charge is -1.86. The Bertz CT molecular complexity index is 393. The number of pyridine rings is 1. The van der Waals surface area contributed by atoms with Crippen LogP contribution >= 0.6 is 0 Å². The fraction of sp³-hybridized carbons (Fsp3) is 0.400. The van der Waals surface area contributed by atoms with Crippen LogP contribution < -0.4 is 0 Å². The molecule has 0 saturated carbocycles. The molecule has 0 amide bonds. The smallest absolute Gasteiger partial charge is 0.198 e. The van der Waals surface area contributed by atoms with Gasteiger partial charge in [0.2, 0.25) is 0 Å². The fourth-order valence-corrected chi connectivity index (χ4v) is 1.03. The summed E-state index contributed by atoms with van der Waals surface area (Å²) in [6.45, 7) is 7.79. The summed E-state index contributed by atoms with van der Waals surface area (Å²) < 4.78 is 5.28. The highest BCUT2D eigenvalue weighted by Crippen LogP contribution is 2.12. The predicted molar refractivity (Wildman–Crippen MR) is 52.6 cm³/mol. The van der Waals surface area contributed by atoms with Crippen LogP contribution in [0.1, 0.15) is 25.3 Å². The van der Waals surface area contributed by atoms with E-state index in [0.29, 0.717) is 11.5 Å². The number of aromatic nitrogens is 2. The van der Waals surface area contributed by atoms with Gasteiger partial charge in [-0.05, 0) is 18.6 Å². The molecule has 0 fully saturated rings. The summed E-state index contributed by atoms with van der Waals surface area (Å²) >= 11 is 0. The first-order valence-corrected chi connectivity index (χ1v) is 4.45. The molecule has 70 valence electrons. The van der Waals surface area contributed by atoms with Crippen molar-refractivity contribution in [3.8, 4) is 0 Å². The minimum absolute atomic E-state index is 0.665. The normalized spacial score (nSPS) is 9.54. The lowest BCUT2D eigenvalue weighted by Crippen LogP contribution is -1.77. The first-order chi connectivity index (χ1) is 6.25. The fourth-order valence-electron chi connectivity index (χ4n) is 1.03. The summed E-state index contributed by atoms with van der Waals surface area (Å²) in [7, 11) is 0. The summed E-state index contributed by atoms with van der Waals surface area (Å²) in [6.07, 6.45) is 1.78. The van der Waals surface area contributed by atoms with Crippen LogP contribution in [0.5, 0.6) is 0 Å². The van der Waals surface area contributed by atoms with Gasteiger partial charge in [0.15, 0.2) is 17.1 Å². The minimum Gasteiger partial charge on any atom is -0.439 e. The van der Waals surface area contributed by atoms with Crippen molar-refractivity contribution < 1.29 is 4.42 Å². The number of oxazole rings is 1. The quantitative estimate of drug-likeness (QED) is 0.622. The average Bonchev–Trinajstić information content (AvgIpc) is 2.48. The molecule has 0 unspecified atom stereocenters. The van der Waals surface area contributed by atoms with E-state index in [-0.39, 0.29) is 0 Å². The van der Waals surface area contributed by atoms with E-state index in [0.717, 1.165) is 11.1 Å². The van der Waals surface area contributed by atoms with Gasteiger partial charge >= 0.3 is 0 Å². The Balaban J connectivity index is 0.000000396. The zero-order valence-corrected chi connectivity index (χ0v) is 8.46. The summed E-state index contributed by atoms with van der Waals surface area (Å²) in [4.78, 5) is 8.17. The lowest BCUT2D eigenvalue weighted by molar-refractivity contribution is 0.561. The highest BCUT2D eigenvalue weighted by atomic mass is 16.3. The van der Waals surface area contributed by atoms with Gasteiger partial charge in [-0.25, -0.2) is 4.98 Å². The van der Waals surface area contributed by atoms with Gasteiger partial charge in [-0.2, -0.15) is 4.98 Å². The molecule has 3 nitrogen and oxygen atoms in total.